The Kier molecular flexibility index (Phi) is 4.20. The summed E-state index contributed by atoms with van der Waals surface area (Å²) in [4.78, 5) is 14.7. The Hall–Kier alpha value is -1.88. The summed E-state index contributed by atoms with van der Waals surface area (Å²) in [5.41, 5.74) is 1.26. The van der Waals surface area contributed by atoms with Crippen LogP contribution in [0.3, 0.4) is 0 Å². The first-order chi connectivity index (χ1) is 10.2. The Morgan fingerprint density at radius 2 is 1.81 bits per heavy atom. The third kappa shape index (κ3) is 3.42. The predicted molar refractivity (Wildman–Crippen MR) is 82.2 cm³/mol. The molecule has 2 heterocycles. The minimum atomic E-state index is 0.159. The van der Waals surface area contributed by atoms with Gasteiger partial charge in [-0.1, -0.05) is 19.1 Å². The molecule has 2 aromatic rings. The molecule has 0 saturated carbocycles. The first-order valence-electron chi connectivity index (χ1n) is 7.18. The van der Waals surface area contributed by atoms with E-state index in [1.54, 1.807) is 0 Å². The normalized spacial score (nSPS) is 14.5. The maximum absolute atomic E-state index is 5.97. The molecule has 0 aliphatic carbocycles. The van der Waals surface area contributed by atoms with Gasteiger partial charge in [-0.3, -0.25) is 0 Å². The monoisotopic (exact) mass is 304 g/mol. The van der Waals surface area contributed by atoms with Crippen molar-refractivity contribution in [2.45, 2.75) is 26.2 Å². The molecule has 1 fully saturated rings. The molecule has 0 atom stereocenters. The number of benzene rings is 1. The van der Waals surface area contributed by atoms with Crippen molar-refractivity contribution in [3.05, 3.63) is 35.1 Å². The fourth-order valence-corrected chi connectivity index (χ4v) is 2.47. The Bertz CT molecular complexity index is 612. The van der Waals surface area contributed by atoms with Crippen molar-refractivity contribution in [3.8, 4) is 11.8 Å². The number of hydrogen-bond donors (Lipinski definition) is 0. The van der Waals surface area contributed by atoms with Crippen LogP contribution in [0.1, 0.15) is 25.3 Å². The third-order valence-corrected chi connectivity index (χ3v) is 3.67. The third-order valence-electron chi connectivity index (χ3n) is 3.51. The van der Waals surface area contributed by atoms with E-state index >= 15 is 0 Å². The number of aryl methyl sites for hydroxylation is 1. The molecule has 0 amide bonds. The summed E-state index contributed by atoms with van der Waals surface area (Å²) in [5, 5.41) is 0.159. The second-order valence-corrected chi connectivity index (χ2v) is 5.32. The van der Waals surface area contributed by atoms with Crippen LogP contribution in [0.15, 0.2) is 24.3 Å². The second kappa shape index (κ2) is 6.26. The van der Waals surface area contributed by atoms with E-state index in [0.717, 1.165) is 32.4 Å². The molecule has 1 aliphatic rings. The summed E-state index contributed by atoms with van der Waals surface area (Å²) in [6.45, 7) is 4.01. The molecule has 5 nitrogen and oxygen atoms in total. The van der Waals surface area contributed by atoms with Gasteiger partial charge in [-0.15, -0.1) is 0 Å². The quantitative estimate of drug-likeness (QED) is 0.865. The van der Waals surface area contributed by atoms with Crippen molar-refractivity contribution in [3.63, 3.8) is 0 Å². The van der Waals surface area contributed by atoms with Gasteiger partial charge in [0.1, 0.15) is 5.75 Å². The number of rotatable bonds is 4. The minimum Gasteiger partial charge on any atom is -0.424 e. The average Bonchev–Trinajstić information content (AvgIpc) is 3.02. The highest BCUT2D eigenvalue weighted by Crippen LogP contribution is 2.23. The van der Waals surface area contributed by atoms with E-state index in [-0.39, 0.29) is 11.3 Å². The van der Waals surface area contributed by atoms with Crippen LogP contribution < -0.4 is 9.64 Å². The first-order valence-corrected chi connectivity index (χ1v) is 7.55. The molecular formula is C15H17ClN4O. The van der Waals surface area contributed by atoms with Gasteiger partial charge in [0.25, 0.3) is 0 Å². The summed E-state index contributed by atoms with van der Waals surface area (Å²) in [7, 11) is 0. The van der Waals surface area contributed by atoms with Crippen molar-refractivity contribution < 1.29 is 4.74 Å². The molecule has 6 heteroatoms. The molecule has 1 saturated heterocycles. The Morgan fingerprint density at radius 1 is 1.10 bits per heavy atom. The van der Waals surface area contributed by atoms with E-state index < -0.39 is 0 Å². The molecule has 0 spiro atoms. The van der Waals surface area contributed by atoms with Gasteiger partial charge in [-0.2, -0.15) is 15.0 Å². The van der Waals surface area contributed by atoms with Gasteiger partial charge >= 0.3 is 6.01 Å². The minimum absolute atomic E-state index is 0.159. The molecule has 1 aromatic carbocycles. The van der Waals surface area contributed by atoms with Gasteiger partial charge in [0.05, 0.1) is 0 Å². The van der Waals surface area contributed by atoms with Crippen molar-refractivity contribution in [1.29, 1.82) is 0 Å². The summed E-state index contributed by atoms with van der Waals surface area (Å²) in [6, 6.07) is 8.11. The number of ether oxygens (including phenoxy) is 1. The largest absolute Gasteiger partial charge is 0.424 e. The Balaban J connectivity index is 1.80. The molecular weight excluding hydrogens is 288 g/mol. The summed E-state index contributed by atoms with van der Waals surface area (Å²) in [6.07, 6.45) is 3.30. The molecule has 1 aromatic heterocycles. The summed E-state index contributed by atoms with van der Waals surface area (Å²) >= 11 is 5.97. The van der Waals surface area contributed by atoms with Crippen LogP contribution in [0, 0.1) is 0 Å². The van der Waals surface area contributed by atoms with E-state index in [1.165, 1.54) is 5.56 Å². The maximum Gasteiger partial charge on any atom is 0.328 e. The SMILES string of the molecule is CCc1ccc(Oc2nc(Cl)nc(N3CCCC3)n2)cc1. The molecule has 0 unspecified atom stereocenters. The van der Waals surface area contributed by atoms with Crippen LogP contribution in [0.25, 0.3) is 0 Å². The molecule has 110 valence electrons. The van der Waals surface area contributed by atoms with Gasteiger partial charge < -0.3 is 9.64 Å². The van der Waals surface area contributed by atoms with Crippen LogP contribution in [0.2, 0.25) is 5.28 Å². The van der Waals surface area contributed by atoms with E-state index in [1.807, 2.05) is 24.3 Å². The van der Waals surface area contributed by atoms with Crippen LogP contribution in [-0.2, 0) is 6.42 Å². The zero-order valence-electron chi connectivity index (χ0n) is 11.9. The van der Waals surface area contributed by atoms with Crippen LogP contribution in [0.4, 0.5) is 5.95 Å². The van der Waals surface area contributed by atoms with Crippen molar-refractivity contribution in [1.82, 2.24) is 15.0 Å². The lowest BCUT2D eigenvalue weighted by atomic mass is 10.2. The lowest BCUT2D eigenvalue weighted by molar-refractivity contribution is 0.439. The van der Waals surface area contributed by atoms with Gasteiger partial charge in [0.15, 0.2) is 0 Å². The average molecular weight is 305 g/mol. The van der Waals surface area contributed by atoms with Crippen molar-refractivity contribution in [2.24, 2.45) is 0 Å². The van der Waals surface area contributed by atoms with Gasteiger partial charge in [-0.05, 0) is 48.6 Å². The van der Waals surface area contributed by atoms with Crippen molar-refractivity contribution in [2.75, 3.05) is 18.0 Å². The number of aromatic nitrogens is 3. The fraction of sp³-hybridized carbons (Fsp3) is 0.400. The second-order valence-electron chi connectivity index (χ2n) is 4.98. The Labute approximate surface area is 129 Å². The fourth-order valence-electron chi connectivity index (χ4n) is 2.32. The number of halogens is 1. The van der Waals surface area contributed by atoms with Crippen molar-refractivity contribution >= 4 is 17.5 Å². The first kappa shape index (κ1) is 14.1. The van der Waals surface area contributed by atoms with Gasteiger partial charge in [0, 0.05) is 13.1 Å². The highest BCUT2D eigenvalue weighted by molar-refractivity contribution is 6.28. The van der Waals surface area contributed by atoms with E-state index in [2.05, 4.69) is 26.8 Å². The number of nitrogens with zero attached hydrogens (tertiary/aromatic N) is 4. The highest BCUT2D eigenvalue weighted by Gasteiger charge is 2.17. The molecule has 0 N–H and O–H groups in total. The summed E-state index contributed by atoms with van der Waals surface area (Å²) < 4.78 is 5.69. The Morgan fingerprint density at radius 3 is 2.48 bits per heavy atom. The molecule has 21 heavy (non-hydrogen) atoms. The highest BCUT2D eigenvalue weighted by atomic mass is 35.5. The summed E-state index contributed by atoms with van der Waals surface area (Å²) in [5.74, 6) is 1.29. The lowest BCUT2D eigenvalue weighted by Crippen LogP contribution is -2.21. The number of anilines is 1. The van der Waals surface area contributed by atoms with Gasteiger partial charge in [0.2, 0.25) is 11.2 Å². The van der Waals surface area contributed by atoms with Crippen LogP contribution in [0.5, 0.6) is 11.8 Å². The maximum atomic E-state index is 5.97. The molecule has 0 radical (unpaired) electrons. The molecule has 0 bridgehead atoms. The van der Waals surface area contributed by atoms with E-state index in [9.17, 15) is 0 Å². The molecule has 3 rings (SSSR count). The standard InChI is InChI=1S/C15H17ClN4O/c1-2-11-5-7-12(8-6-11)21-15-18-13(16)17-14(19-15)20-9-3-4-10-20/h5-8H,2-4,9-10H2,1H3. The molecule has 1 aliphatic heterocycles. The zero-order valence-corrected chi connectivity index (χ0v) is 12.7. The van der Waals surface area contributed by atoms with Crippen LogP contribution >= 0.6 is 11.6 Å². The zero-order chi connectivity index (χ0) is 14.7. The van der Waals surface area contributed by atoms with E-state index in [0.29, 0.717) is 11.7 Å². The smallest absolute Gasteiger partial charge is 0.328 e. The number of hydrogen-bond acceptors (Lipinski definition) is 5. The van der Waals surface area contributed by atoms with Gasteiger partial charge in [-0.25, -0.2) is 0 Å². The topological polar surface area (TPSA) is 51.1 Å². The lowest BCUT2D eigenvalue weighted by Gasteiger charge is -2.15. The van der Waals surface area contributed by atoms with Crippen LogP contribution in [-0.4, -0.2) is 28.0 Å². The van der Waals surface area contributed by atoms with E-state index in [4.69, 9.17) is 16.3 Å². The predicted octanol–water partition coefficient (Wildman–Crippen LogP) is 3.48.